The summed E-state index contributed by atoms with van der Waals surface area (Å²) in [6.07, 6.45) is 0.588. The Labute approximate surface area is 124 Å². The van der Waals surface area contributed by atoms with Gasteiger partial charge in [-0.15, -0.1) is 11.3 Å². The number of hydrogen-bond donors (Lipinski definition) is 1. The first-order valence-corrected chi connectivity index (χ1v) is 8.85. The van der Waals surface area contributed by atoms with Crippen molar-refractivity contribution in [1.29, 1.82) is 0 Å². The van der Waals surface area contributed by atoms with E-state index in [9.17, 15) is 18.5 Å². The first kappa shape index (κ1) is 15.1. The largest absolute Gasteiger partial charge is 0.325 e. The summed E-state index contributed by atoms with van der Waals surface area (Å²) in [6.45, 7) is 1.76. The van der Waals surface area contributed by atoms with Crippen LogP contribution in [0.25, 0.3) is 0 Å². The van der Waals surface area contributed by atoms with E-state index >= 15 is 0 Å². The van der Waals surface area contributed by atoms with Gasteiger partial charge in [-0.2, -0.15) is 0 Å². The second-order valence-corrected chi connectivity index (χ2v) is 8.19. The van der Waals surface area contributed by atoms with E-state index in [1.165, 1.54) is 12.1 Å². The zero-order valence-corrected chi connectivity index (χ0v) is 12.9. The SMILES string of the molecule is C[C@@H](Cc1cccs1)NS(=O)(=O)c1ccc([N+](=O)[O-])s1. The fourth-order valence-corrected chi connectivity index (χ4v) is 4.85. The molecule has 6 nitrogen and oxygen atoms in total. The summed E-state index contributed by atoms with van der Waals surface area (Å²) < 4.78 is 26.7. The lowest BCUT2D eigenvalue weighted by Gasteiger charge is -2.11. The van der Waals surface area contributed by atoms with Gasteiger partial charge in [0, 0.05) is 17.0 Å². The highest BCUT2D eigenvalue weighted by molar-refractivity contribution is 7.91. The molecule has 2 rings (SSSR count). The van der Waals surface area contributed by atoms with Crippen molar-refractivity contribution in [3.63, 3.8) is 0 Å². The predicted molar refractivity (Wildman–Crippen MR) is 78.8 cm³/mol. The first-order valence-electron chi connectivity index (χ1n) is 5.67. The summed E-state index contributed by atoms with van der Waals surface area (Å²) in [5, 5.41) is 12.3. The Morgan fingerprint density at radius 3 is 2.70 bits per heavy atom. The lowest BCUT2D eigenvalue weighted by molar-refractivity contribution is -0.380. The zero-order chi connectivity index (χ0) is 14.8. The normalized spacial score (nSPS) is 13.2. The van der Waals surface area contributed by atoms with Crippen LogP contribution >= 0.6 is 22.7 Å². The second-order valence-electron chi connectivity index (χ2n) is 4.16. The summed E-state index contributed by atoms with van der Waals surface area (Å²) in [7, 11) is -3.71. The lowest BCUT2D eigenvalue weighted by Crippen LogP contribution is -2.33. The fraction of sp³-hybridized carbons (Fsp3) is 0.273. The molecule has 108 valence electrons. The second kappa shape index (κ2) is 6.00. The molecule has 0 spiro atoms. The standard InChI is InChI=1S/C11H12N2O4S3/c1-8(7-9-3-2-6-18-9)12-20(16,17)11-5-4-10(19-11)13(14)15/h2-6,8,12H,7H2,1H3/t8-/m0/s1. The lowest BCUT2D eigenvalue weighted by atomic mass is 10.2. The molecular formula is C11H12N2O4S3. The molecule has 20 heavy (non-hydrogen) atoms. The highest BCUT2D eigenvalue weighted by atomic mass is 32.2. The van der Waals surface area contributed by atoms with E-state index in [4.69, 9.17) is 0 Å². The summed E-state index contributed by atoms with van der Waals surface area (Å²) in [4.78, 5) is 11.1. The topological polar surface area (TPSA) is 89.3 Å². The third-order valence-electron chi connectivity index (χ3n) is 2.46. The van der Waals surface area contributed by atoms with E-state index < -0.39 is 14.9 Å². The van der Waals surface area contributed by atoms with Crippen molar-refractivity contribution in [3.8, 4) is 0 Å². The van der Waals surface area contributed by atoms with Crippen molar-refractivity contribution in [2.75, 3.05) is 0 Å². The highest BCUT2D eigenvalue weighted by Crippen LogP contribution is 2.27. The fourth-order valence-electron chi connectivity index (χ4n) is 1.65. The molecule has 2 aromatic rings. The van der Waals surface area contributed by atoms with Gasteiger partial charge in [0.15, 0.2) is 0 Å². The van der Waals surface area contributed by atoms with Crippen molar-refractivity contribution in [1.82, 2.24) is 4.72 Å². The van der Waals surface area contributed by atoms with Crippen LogP contribution in [0.4, 0.5) is 5.00 Å². The molecule has 0 saturated heterocycles. The summed E-state index contributed by atoms with van der Waals surface area (Å²) in [5.41, 5.74) is 0. The van der Waals surface area contributed by atoms with E-state index in [2.05, 4.69) is 4.72 Å². The minimum Gasteiger partial charge on any atom is -0.258 e. The minimum absolute atomic E-state index is 0.0396. The maximum Gasteiger partial charge on any atom is 0.325 e. The number of sulfonamides is 1. The molecule has 0 fully saturated rings. The number of hydrogen-bond acceptors (Lipinski definition) is 6. The molecule has 0 bridgehead atoms. The molecule has 0 aromatic carbocycles. The average molecular weight is 332 g/mol. The van der Waals surface area contributed by atoms with Crippen LogP contribution in [0.3, 0.4) is 0 Å². The van der Waals surface area contributed by atoms with Gasteiger partial charge in [-0.25, -0.2) is 13.1 Å². The van der Waals surface area contributed by atoms with Crippen molar-refractivity contribution in [2.24, 2.45) is 0 Å². The maximum absolute atomic E-state index is 12.1. The zero-order valence-electron chi connectivity index (χ0n) is 10.5. The van der Waals surface area contributed by atoms with Crippen LogP contribution in [-0.2, 0) is 16.4 Å². The summed E-state index contributed by atoms with van der Waals surface area (Å²) in [5.74, 6) is 0. The smallest absolute Gasteiger partial charge is 0.258 e. The maximum atomic E-state index is 12.1. The van der Waals surface area contributed by atoms with Gasteiger partial charge in [-0.3, -0.25) is 10.1 Å². The molecule has 1 N–H and O–H groups in total. The number of rotatable bonds is 6. The average Bonchev–Trinajstić information content (AvgIpc) is 2.97. The van der Waals surface area contributed by atoms with E-state index in [1.54, 1.807) is 18.3 Å². The van der Waals surface area contributed by atoms with Crippen LogP contribution in [0, 0.1) is 10.1 Å². The number of nitrogens with zero attached hydrogens (tertiary/aromatic N) is 1. The molecule has 0 unspecified atom stereocenters. The molecule has 0 radical (unpaired) electrons. The Morgan fingerprint density at radius 1 is 1.40 bits per heavy atom. The number of thiophene rings is 2. The van der Waals surface area contributed by atoms with Gasteiger partial charge in [0.1, 0.15) is 4.21 Å². The number of nitro groups is 1. The Bertz CT molecular complexity index is 691. The van der Waals surface area contributed by atoms with Crippen LogP contribution in [-0.4, -0.2) is 19.4 Å². The molecule has 0 aliphatic heterocycles. The molecule has 1 atom stereocenters. The van der Waals surface area contributed by atoms with Crippen molar-refractivity contribution in [2.45, 2.75) is 23.6 Å². The van der Waals surface area contributed by atoms with E-state index in [1.807, 2.05) is 17.5 Å². The quantitative estimate of drug-likeness (QED) is 0.650. The van der Waals surface area contributed by atoms with Crippen LogP contribution in [0.15, 0.2) is 33.9 Å². The Morgan fingerprint density at radius 2 is 2.15 bits per heavy atom. The monoisotopic (exact) mass is 332 g/mol. The molecule has 9 heteroatoms. The minimum atomic E-state index is -3.71. The van der Waals surface area contributed by atoms with Crippen LogP contribution in [0.5, 0.6) is 0 Å². The Hall–Kier alpha value is -1.29. The van der Waals surface area contributed by atoms with Crippen molar-refractivity contribution in [3.05, 3.63) is 44.6 Å². The van der Waals surface area contributed by atoms with Gasteiger partial charge in [0.25, 0.3) is 10.0 Å². The van der Waals surface area contributed by atoms with Gasteiger partial charge in [0.2, 0.25) is 0 Å². The van der Waals surface area contributed by atoms with Crippen LogP contribution in [0.1, 0.15) is 11.8 Å². The van der Waals surface area contributed by atoms with Gasteiger partial charge < -0.3 is 0 Å². The summed E-state index contributed by atoms with van der Waals surface area (Å²) in [6, 6.07) is 6.02. The molecule has 0 aliphatic rings. The van der Waals surface area contributed by atoms with Gasteiger partial charge in [-0.05, 0) is 42.2 Å². The van der Waals surface area contributed by atoms with Crippen molar-refractivity contribution >= 4 is 37.7 Å². The van der Waals surface area contributed by atoms with E-state index in [-0.39, 0.29) is 15.3 Å². The molecule has 0 saturated carbocycles. The van der Waals surface area contributed by atoms with Gasteiger partial charge in [0.05, 0.1) is 4.92 Å². The Balaban J connectivity index is 2.08. The number of nitrogens with one attached hydrogen (secondary N) is 1. The summed E-state index contributed by atoms with van der Waals surface area (Å²) >= 11 is 2.21. The highest BCUT2D eigenvalue weighted by Gasteiger charge is 2.22. The van der Waals surface area contributed by atoms with Crippen LogP contribution in [0.2, 0.25) is 0 Å². The van der Waals surface area contributed by atoms with E-state index in [0.717, 1.165) is 4.88 Å². The van der Waals surface area contributed by atoms with Crippen molar-refractivity contribution < 1.29 is 13.3 Å². The van der Waals surface area contributed by atoms with E-state index in [0.29, 0.717) is 17.8 Å². The third kappa shape index (κ3) is 3.63. The third-order valence-corrected chi connectivity index (χ3v) is 6.47. The molecule has 2 heterocycles. The van der Waals surface area contributed by atoms with Gasteiger partial charge in [-0.1, -0.05) is 6.07 Å². The molecule has 2 aromatic heterocycles. The molecular weight excluding hydrogens is 320 g/mol. The first-order chi connectivity index (χ1) is 9.38. The molecule has 0 amide bonds. The molecule has 0 aliphatic carbocycles. The Kier molecular flexibility index (Phi) is 4.53. The predicted octanol–water partition coefficient (Wildman–Crippen LogP) is 2.63. The van der Waals surface area contributed by atoms with Gasteiger partial charge >= 0.3 is 5.00 Å². The van der Waals surface area contributed by atoms with Crippen LogP contribution < -0.4 is 4.72 Å².